The number of nitriles is 1. The quantitative estimate of drug-likeness (QED) is 0.398. The van der Waals surface area contributed by atoms with E-state index in [0.29, 0.717) is 5.69 Å². The second-order valence-electron chi connectivity index (χ2n) is 5.36. The van der Waals surface area contributed by atoms with Gasteiger partial charge in [0.1, 0.15) is 11.6 Å². The van der Waals surface area contributed by atoms with Crippen molar-refractivity contribution < 1.29 is 14.8 Å². The van der Waals surface area contributed by atoms with Crippen LogP contribution in [-0.2, 0) is 4.79 Å². The normalized spacial score (nSPS) is 10.8. The SMILES string of the molecule is Cc1cccc(NC(=O)/C(C#N)=C/c2ccc([O-])c([N+](=O)[O-])c2)c1C. The molecule has 2 rings (SSSR count). The number of rotatable bonds is 4. The van der Waals surface area contributed by atoms with Gasteiger partial charge in [0.15, 0.2) is 0 Å². The van der Waals surface area contributed by atoms with Crippen molar-refractivity contribution in [1.82, 2.24) is 0 Å². The van der Waals surface area contributed by atoms with Crippen LogP contribution in [0.3, 0.4) is 0 Å². The van der Waals surface area contributed by atoms with Crippen LogP contribution in [0.2, 0.25) is 0 Å². The molecule has 0 aliphatic heterocycles. The highest BCUT2D eigenvalue weighted by Gasteiger charge is 2.13. The minimum absolute atomic E-state index is 0.221. The number of amides is 1. The Morgan fingerprint density at radius 1 is 1.28 bits per heavy atom. The summed E-state index contributed by atoms with van der Waals surface area (Å²) in [4.78, 5) is 22.3. The lowest BCUT2D eigenvalue weighted by Crippen LogP contribution is -2.14. The predicted octanol–water partition coefficient (Wildman–Crippen LogP) is 2.83. The summed E-state index contributed by atoms with van der Waals surface area (Å²) in [7, 11) is 0. The van der Waals surface area contributed by atoms with E-state index < -0.39 is 22.3 Å². The van der Waals surface area contributed by atoms with Crippen LogP contribution in [0.1, 0.15) is 16.7 Å². The standard InChI is InChI=1S/C18H15N3O4/c1-11-4-3-5-15(12(11)2)20-18(23)14(10-19)8-13-6-7-17(22)16(9-13)21(24)25/h3-9,22H,1-2H3,(H,20,23)/p-1/b14-8+. The van der Waals surface area contributed by atoms with Crippen LogP contribution in [0.25, 0.3) is 6.08 Å². The van der Waals surface area contributed by atoms with E-state index in [2.05, 4.69) is 5.32 Å². The van der Waals surface area contributed by atoms with Crippen molar-refractivity contribution in [3.05, 3.63) is 68.8 Å². The number of nitro groups is 1. The highest BCUT2D eigenvalue weighted by atomic mass is 16.6. The number of hydrogen-bond donors (Lipinski definition) is 1. The molecule has 0 heterocycles. The second-order valence-corrected chi connectivity index (χ2v) is 5.36. The molecular formula is C18H14N3O4-. The molecule has 0 saturated carbocycles. The lowest BCUT2D eigenvalue weighted by molar-refractivity contribution is -0.398. The number of carbonyl (C=O) groups is 1. The summed E-state index contributed by atoms with van der Waals surface area (Å²) in [6.45, 7) is 3.74. The summed E-state index contributed by atoms with van der Waals surface area (Å²) in [6.07, 6.45) is 1.20. The fraction of sp³-hybridized carbons (Fsp3) is 0.111. The number of aryl methyl sites for hydroxylation is 1. The highest BCUT2D eigenvalue weighted by molar-refractivity contribution is 6.10. The first kappa shape index (κ1) is 17.7. The zero-order chi connectivity index (χ0) is 18.6. The molecule has 0 aromatic heterocycles. The molecular weight excluding hydrogens is 322 g/mol. The fourth-order valence-electron chi connectivity index (χ4n) is 2.16. The van der Waals surface area contributed by atoms with E-state index in [1.165, 1.54) is 12.1 Å². The Hall–Kier alpha value is -3.66. The van der Waals surface area contributed by atoms with Crippen LogP contribution in [0, 0.1) is 35.3 Å². The Bertz CT molecular complexity index is 926. The van der Waals surface area contributed by atoms with Crippen LogP contribution < -0.4 is 10.4 Å². The third kappa shape index (κ3) is 4.00. The summed E-state index contributed by atoms with van der Waals surface area (Å²) in [5.41, 5.74) is 1.82. The van der Waals surface area contributed by atoms with Gasteiger partial charge in [0.05, 0.1) is 4.92 Å². The second kappa shape index (κ2) is 7.27. The third-order valence-electron chi connectivity index (χ3n) is 3.71. The van der Waals surface area contributed by atoms with Crippen molar-refractivity contribution >= 4 is 23.4 Å². The molecule has 0 atom stereocenters. The van der Waals surface area contributed by atoms with Gasteiger partial charge < -0.3 is 10.4 Å². The maximum Gasteiger partial charge on any atom is 0.266 e. The first-order chi connectivity index (χ1) is 11.8. The van der Waals surface area contributed by atoms with Gasteiger partial charge in [-0.2, -0.15) is 5.26 Å². The van der Waals surface area contributed by atoms with Crippen LogP contribution in [0.4, 0.5) is 11.4 Å². The van der Waals surface area contributed by atoms with Crippen molar-refractivity contribution in [3.63, 3.8) is 0 Å². The average Bonchev–Trinajstić information content (AvgIpc) is 2.57. The summed E-state index contributed by atoms with van der Waals surface area (Å²) < 4.78 is 0. The Morgan fingerprint density at radius 3 is 2.64 bits per heavy atom. The van der Waals surface area contributed by atoms with Crippen molar-refractivity contribution in [2.24, 2.45) is 0 Å². The van der Waals surface area contributed by atoms with Gasteiger partial charge in [0.2, 0.25) is 0 Å². The van der Waals surface area contributed by atoms with Crippen LogP contribution in [-0.4, -0.2) is 10.8 Å². The molecule has 2 aromatic carbocycles. The molecule has 0 fully saturated rings. The van der Waals surface area contributed by atoms with Crippen molar-refractivity contribution in [2.75, 3.05) is 5.32 Å². The van der Waals surface area contributed by atoms with E-state index in [9.17, 15) is 25.3 Å². The molecule has 0 saturated heterocycles. The van der Waals surface area contributed by atoms with E-state index in [0.717, 1.165) is 23.3 Å². The Balaban J connectivity index is 2.33. The molecule has 1 amide bonds. The summed E-state index contributed by atoms with van der Waals surface area (Å²) in [5.74, 6) is -1.37. The van der Waals surface area contributed by atoms with Crippen molar-refractivity contribution in [2.45, 2.75) is 13.8 Å². The largest absolute Gasteiger partial charge is 0.868 e. The molecule has 25 heavy (non-hydrogen) atoms. The summed E-state index contributed by atoms with van der Waals surface area (Å²) in [6, 6.07) is 10.5. The van der Waals surface area contributed by atoms with E-state index in [1.807, 2.05) is 19.9 Å². The van der Waals surface area contributed by atoms with Gasteiger partial charge in [-0.05, 0) is 48.4 Å². The molecule has 0 unspecified atom stereocenters. The molecule has 1 N–H and O–H groups in total. The van der Waals surface area contributed by atoms with E-state index >= 15 is 0 Å². The minimum Gasteiger partial charge on any atom is -0.868 e. The average molecular weight is 336 g/mol. The fourth-order valence-corrected chi connectivity index (χ4v) is 2.16. The minimum atomic E-state index is -0.804. The monoisotopic (exact) mass is 336 g/mol. The van der Waals surface area contributed by atoms with Gasteiger partial charge >= 0.3 is 0 Å². The first-order valence-electron chi connectivity index (χ1n) is 7.28. The van der Waals surface area contributed by atoms with E-state index in [4.69, 9.17) is 0 Å². The maximum atomic E-state index is 12.3. The van der Waals surface area contributed by atoms with E-state index in [-0.39, 0.29) is 11.1 Å². The molecule has 0 radical (unpaired) electrons. The lowest BCUT2D eigenvalue weighted by atomic mass is 10.1. The van der Waals surface area contributed by atoms with Gasteiger partial charge in [0, 0.05) is 11.8 Å². The Labute approximate surface area is 144 Å². The molecule has 7 nitrogen and oxygen atoms in total. The summed E-state index contributed by atoms with van der Waals surface area (Å²) >= 11 is 0. The van der Waals surface area contributed by atoms with Gasteiger partial charge in [-0.25, -0.2) is 0 Å². The molecule has 0 bridgehead atoms. The molecule has 2 aromatic rings. The van der Waals surface area contributed by atoms with Crippen molar-refractivity contribution in [3.8, 4) is 11.8 Å². The number of carbonyl (C=O) groups excluding carboxylic acids is 1. The van der Waals surface area contributed by atoms with Gasteiger partial charge in [-0.3, -0.25) is 14.9 Å². The zero-order valence-corrected chi connectivity index (χ0v) is 13.6. The number of nitro benzene ring substituents is 1. The summed E-state index contributed by atoms with van der Waals surface area (Å²) in [5, 5.41) is 34.1. The molecule has 0 aliphatic rings. The van der Waals surface area contributed by atoms with Crippen LogP contribution in [0.5, 0.6) is 5.75 Å². The van der Waals surface area contributed by atoms with Crippen molar-refractivity contribution in [1.29, 1.82) is 5.26 Å². The number of hydrogen-bond acceptors (Lipinski definition) is 5. The van der Waals surface area contributed by atoms with E-state index in [1.54, 1.807) is 18.2 Å². The smallest absolute Gasteiger partial charge is 0.266 e. The van der Waals surface area contributed by atoms with Crippen LogP contribution >= 0.6 is 0 Å². The van der Waals surface area contributed by atoms with Gasteiger partial charge in [0.25, 0.3) is 11.6 Å². The number of nitrogens with one attached hydrogen (secondary N) is 1. The molecule has 126 valence electrons. The predicted molar refractivity (Wildman–Crippen MR) is 90.7 cm³/mol. The molecule has 0 spiro atoms. The molecule has 0 aliphatic carbocycles. The molecule has 7 heteroatoms. The maximum absolute atomic E-state index is 12.3. The number of benzene rings is 2. The zero-order valence-electron chi connectivity index (χ0n) is 13.6. The Kier molecular flexibility index (Phi) is 5.15. The number of anilines is 1. The Morgan fingerprint density at radius 2 is 2.00 bits per heavy atom. The first-order valence-corrected chi connectivity index (χ1v) is 7.28. The topological polar surface area (TPSA) is 119 Å². The third-order valence-corrected chi connectivity index (χ3v) is 3.71. The van der Waals surface area contributed by atoms with Gasteiger partial charge in [-0.15, -0.1) is 0 Å². The van der Waals surface area contributed by atoms with Crippen LogP contribution in [0.15, 0.2) is 42.0 Å². The van der Waals surface area contributed by atoms with Gasteiger partial charge in [-0.1, -0.05) is 24.3 Å². The lowest BCUT2D eigenvalue weighted by Gasteiger charge is -2.10. The number of nitrogens with zero attached hydrogens (tertiary/aromatic N) is 2. The highest BCUT2D eigenvalue weighted by Crippen LogP contribution is 2.25.